The second-order valence-corrected chi connectivity index (χ2v) is 6.56. The van der Waals surface area contributed by atoms with Crippen LogP contribution >= 0.6 is 23.2 Å². The average molecular weight is 360 g/mol. The third-order valence-electron chi connectivity index (χ3n) is 4.23. The highest BCUT2D eigenvalue weighted by Crippen LogP contribution is 2.37. The van der Waals surface area contributed by atoms with Crippen molar-refractivity contribution >= 4 is 40.1 Å². The van der Waals surface area contributed by atoms with Crippen LogP contribution in [0.5, 0.6) is 0 Å². The lowest BCUT2D eigenvalue weighted by molar-refractivity contribution is 0.0771. The topological polar surface area (TPSA) is 50.5 Å². The van der Waals surface area contributed by atoms with Gasteiger partial charge in [-0.2, -0.15) is 0 Å². The minimum Gasteiger partial charge on any atom is -0.450 e. The van der Waals surface area contributed by atoms with E-state index in [0.29, 0.717) is 26.6 Å². The van der Waals surface area contributed by atoms with Gasteiger partial charge in [-0.05, 0) is 35.9 Å². The normalized spacial score (nSPS) is 16.7. The first-order valence-corrected chi connectivity index (χ1v) is 8.02. The second-order valence-electron chi connectivity index (χ2n) is 5.69. The molecule has 1 atom stereocenters. The fourth-order valence-corrected chi connectivity index (χ4v) is 3.50. The van der Waals surface area contributed by atoms with Gasteiger partial charge in [-0.3, -0.25) is 9.59 Å². The third-order valence-corrected chi connectivity index (χ3v) is 4.70. The molecule has 24 heavy (non-hydrogen) atoms. The maximum Gasteiger partial charge on any atom is 0.290 e. The van der Waals surface area contributed by atoms with Crippen molar-refractivity contribution in [2.75, 3.05) is 7.05 Å². The van der Waals surface area contributed by atoms with Crippen LogP contribution < -0.4 is 5.43 Å². The van der Waals surface area contributed by atoms with Gasteiger partial charge in [0.1, 0.15) is 5.58 Å². The fourth-order valence-electron chi connectivity index (χ4n) is 3.13. The van der Waals surface area contributed by atoms with Gasteiger partial charge in [-0.25, -0.2) is 0 Å². The summed E-state index contributed by atoms with van der Waals surface area (Å²) in [4.78, 5) is 27.1. The Morgan fingerprint density at radius 3 is 2.54 bits per heavy atom. The predicted molar refractivity (Wildman–Crippen MR) is 92.9 cm³/mol. The predicted octanol–water partition coefficient (Wildman–Crippen LogP) is 4.27. The largest absolute Gasteiger partial charge is 0.450 e. The van der Waals surface area contributed by atoms with E-state index in [-0.39, 0.29) is 17.1 Å². The molecule has 1 aliphatic rings. The number of rotatable bonds is 1. The van der Waals surface area contributed by atoms with E-state index in [4.69, 9.17) is 27.6 Å². The van der Waals surface area contributed by atoms with Gasteiger partial charge in [-0.15, -0.1) is 0 Å². The van der Waals surface area contributed by atoms with Gasteiger partial charge >= 0.3 is 0 Å². The third kappa shape index (κ3) is 2.14. The number of benzene rings is 2. The highest BCUT2D eigenvalue weighted by Gasteiger charge is 2.40. The highest BCUT2D eigenvalue weighted by atomic mass is 35.5. The molecule has 1 amide bonds. The molecule has 0 spiro atoms. The lowest BCUT2D eigenvalue weighted by Crippen LogP contribution is -2.25. The molecule has 0 saturated carbocycles. The first-order valence-electron chi connectivity index (χ1n) is 7.26. The van der Waals surface area contributed by atoms with Crippen LogP contribution in [-0.2, 0) is 0 Å². The number of nitrogens with zero attached hydrogens (tertiary/aromatic N) is 1. The molecule has 4 nitrogen and oxygen atoms in total. The van der Waals surface area contributed by atoms with E-state index in [9.17, 15) is 9.59 Å². The van der Waals surface area contributed by atoms with Crippen LogP contribution in [0.25, 0.3) is 11.0 Å². The van der Waals surface area contributed by atoms with Crippen molar-refractivity contribution in [2.24, 2.45) is 0 Å². The molecule has 4 rings (SSSR count). The van der Waals surface area contributed by atoms with Gasteiger partial charge in [0, 0.05) is 17.1 Å². The van der Waals surface area contributed by atoms with Crippen LogP contribution in [-0.4, -0.2) is 17.9 Å². The van der Waals surface area contributed by atoms with E-state index in [1.807, 2.05) is 6.07 Å². The molecule has 3 aromatic rings. The van der Waals surface area contributed by atoms with Crippen LogP contribution in [0.3, 0.4) is 0 Å². The summed E-state index contributed by atoms with van der Waals surface area (Å²) in [5.41, 5.74) is 1.17. The molecule has 2 heterocycles. The standard InChI is InChI=1S/C18H11Cl2NO3/c1-21-15(9-3-2-4-10(19)7-9)14-16(22)12-8-11(20)5-6-13(12)24-17(14)18(21)23/h2-8,15H,1H3/t15-/m0/s1. The van der Waals surface area contributed by atoms with Gasteiger partial charge in [0.15, 0.2) is 5.43 Å². The van der Waals surface area contributed by atoms with Crippen LogP contribution in [0.15, 0.2) is 51.7 Å². The smallest absolute Gasteiger partial charge is 0.290 e. The van der Waals surface area contributed by atoms with Crippen molar-refractivity contribution in [2.45, 2.75) is 6.04 Å². The zero-order chi connectivity index (χ0) is 17.0. The van der Waals surface area contributed by atoms with Crippen molar-refractivity contribution in [1.82, 2.24) is 4.90 Å². The molecule has 1 aromatic heterocycles. The van der Waals surface area contributed by atoms with E-state index >= 15 is 0 Å². The molecule has 0 saturated heterocycles. The van der Waals surface area contributed by atoms with E-state index < -0.39 is 6.04 Å². The van der Waals surface area contributed by atoms with E-state index in [2.05, 4.69) is 0 Å². The summed E-state index contributed by atoms with van der Waals surface area (Å²) < 4.78 is 5.72. The zero-order valence-electron chi connectivity index (χ0n) is 12.5. The van der Waals surface area contributed by atoms with Crippen molar-refractivity contribution < 1.29 is 9.21 Å². The number of hydrogen-bond acceptors (Lipinski definition) is 3. The Morgan fingerprint density at radius 1 is 1.04 bits per heavy atom. The van der Waals surface area contributed by atoms with Crippen molar-refractivity contribution in [3.05, 3.63) is 79.6 Å². The molecule has 0 fully saturated rings. The Labute approximate surface area is 147 Å². The number of carbonyl (C=O) groups is 1. The van der Waals surface area contributed by atoms with E-state index in [1.165, 1.54) is 4.90 Å². The van der Waals surface area contributed by atoms with Crippen molar-refractivity contribution in [1.29, 1.82) is 0 Å². The number of carbonyl (C=O) groups excluding carboxylic acids is 1. The Kier molecular flexibility index (Phi) is 3.41. The van der Waals surface area contributed by atoms with Crippen molar-refractivity contribution in [3.8, 4) is 0 Å². The lowest BCUT2D eigenvalue weighted by Gasteiger charge is -2.20. The summed E-state index contributed by atoms with van der Waals surface area (Å²) in [5, 5.41) is 1.33. The molecule has 1 aliphatic heterocycles. The van der Waals surface area contributed by atoms with Gasteiger partial charge in [0.2, 0.25) is 5.76 Å². The molecule has 120 valence electrons. The second kappa shape index (κ2) is 5.36. The maximum atomic E-state index is 13.0. The van der Waals surface area contributed by atoms with Gasteiger partial charge in [0.05, 0.1) is 17.0 Å². The summed E-state index contributed by atoms with van der Waals surface area (Å²) in [6.45, 7) is 0. The molecule has 0 N–H and O–H groups in total. The molecular weight excluding hydrogens is 349 g/mol. The fraction of sp³-hybridized carbons (Fsp3) is 0.111. The van der Waals surface area contributed by atoms with Crippen LogP contribution in [0.4, 0.5) is 0 Å². The number of fused-ring (bicyclic) bond motifs is 2. The quantitative estimate of drug-likeness (QED) is 0.651. The highest BCUT2D eigenvalue weighted by molar-refractivity contribution is 6.31. The lowest BCUT2D eigenvalue weighted by atomic mass is 9.99. The molecule has 2 aromatic carbocycles. The summed E-state index contributed by atoms with van der Waals surface area (Å²) in [6.07, 6.45) is 0. The van der Waals surface area contributed by atoms with Crippen molar-refractivity contribution in [3.63, 3.8) is 0 Å². The molecule has 0 bridgehead atoms. The van der Waals surface area contributed by atoms with E-state index in [0.717, 1.165) is 5.56 Å². The summed E-state index contributed by atoms with van der Waals surface area (Å²) in [5.74, 6) is -0.258. The number of amides is 1. The first kappa shape index (κ1) is 15.2. The minimum atomic E-state index is -0.536. The Bertz CT molecular complexity index is 1060. The Balaban J connectivity index is 2.05. The first-order chi connectivity index (χ1) is 11.5. The summed E-state index contributed by atoms with van der Waals surface area (Å²) in [7, 11) is 1.64. The zero-order valence-corrected chi connectivity index (χ0v) is 14.1. The number of hydrogen-bond donors (Lipinski definition) is 0. The van der Waals surface area contributed by atoms with E-state index in [1.54, 1.807) is 43.4 Å². The molecular formula is C18H11Cl2NO3. The van der Waals surface area contributed by atoms with Crippen LogP contribution in [0.1, 0.15) is 27.7 Å². The molecule has 0 unspecified atom stereocenters. The molecule has 0 aliphatic carbocycles. The Hall–Kier alpha value is -2.30. The summed E-state index contributed by atoms with van der Waals surface area (Å²) >= 11 is 12.1. The summed E-state index contributed by atoms with van der Waals surface area (Å²) in [6, 6.07) is 11.3. The molecule has 6 heteroatoms. The average Bonchev–Trinajstić information content (AvgIpc) is 2.81. The van der Waals surface area contributed by atoms with Crippen LogP contribution in [0.2, 0.25) is 10.0 Å². The van der Waals surface area contributed by atoms with Gasteiger partial charge < -0.3 is 9.32 Å². The maximum absolute atomic E-state index is 13.0. The number of halogens is 2. The molecule has 0 radical (unpaired) electrons. The van der Waals surface area contributed by atoms with Crippen LogP contribution in [0, 0.1) is 0 Å². The Morgan fingerprint density at radius 2 is 1.79 bits per heavy atom. The monoisotopic (exact) mass is 359 g/mol. The van der Waals surface area contributed by atoms with Gasteiger partial charge in [0.25, 0.3) is 5.91 Å². The SMILES string of the molecule is CN1C(=O)c2oc3ccc(Cl)cc3c(=O)c2[C@@H]1c1cccc(Cl)c1. The minimum absolute atomic E-state index is 0.0716. The van der Waals surface area contributed by atoms with Gasteiger partial charge in [-0.1, -0.05) is 35.3 Å².